The average molecular weight is 285 g/mol. The molecule has 1 aliphatic rings. The molecular weight excluding hydrogens is 270 g/mol. The molecule has 0 radical (unpaired) electrons. The van der Waals surface area contributed by atoms with Gasteiger partial charge in [-0.25, -0.2) is 9.59 Å². The highest BCUT2D eigenvalue weighted by molar-refractivity contribution is 7.14. The highest BCUT2D eigenvalue weighted by atomic mass is 32.1. The molecule has 1 unspecified atom stereocenters. The number of hydrogen-bond donors (Lipinski definition) is 2. The molecule has 2 heterocycles. The van der Waals surface area contributed by atoms with Crippen molar-refractivity contribution in [1.82, 2.24) is 5.32 Å². The van der Waals surface area contributed by atoms with Crippen LogP contribution in [0.1, 0.15) is 27.9 Å². The van der Waals surface area contributed by atoms with E-state index >= 15 is 0 Å². The fraction of sp³-hybridized carbons (Fsp3) is 0.500. The Morgan fingerprint density at radius 3 is 3.05 bits per heavy atom. The van der Waals surface area contributed by atoms with E-state index in [2.05, 4.69) is 5.32 Å². The van der Waals surface area contributed by atoms with Crippen LogP contribution in [0.3, 0.4) is 0 Å². The molecule has 0 bridgehead atoms. The van der Waals surface area contributed by atoms with Gasteiger partial charge in [-0.05, 0) is 12.5 Å². The van der Waals surface area contributed by atoms with Gasteiger partial charge in [0.2, 0.25) is 0 Å². The lowest BCUT2D eigenvalue weighted by molar-refractivity contribution is 0.0690. The molecule has 1 amide bonds. The first-order valence-electron chi connectivity index (χ1n) is 6.03. The molecule has 0 aliphatic carbocycles. The second-order valence-corrected chi connectivity index (χ2v) is 5.32. The van der Waals surface area contributed by atoms with Gasteiger partial charge in [-0.2, -0.15) is 0 Å². The molecule has 0 aromatic carbocycles. The summed E-state index contributed by atoms with van der Waals surface area (Å²) in [5.74, 6) is -0.646. The van der Waals surface area contributed by atoms with E-state index in [9.17, 15) is 9.59 Å². The number of rotatable bonds is 6. The Morgan fingerprint density at radius 2 is 2.47 bits per heavy atom. The number of carbonyl (C=O) groups is 2. The Kier molecular flexibility index (Phi) is 4.26. The number of aromatic carboxylic acids is 1. The maximum atomic E-state index is 11.1. The van der Waals surface area contributed by atoms with E-state index in [1.165, 1.54) is 11.3 Å². The number of aryl methyl sites for hydroxylation is 1. The summed E-state index contributed by atoms with van der Waals surface area (Å²) in [6, 6.07) is 1.75. The van der Waals surface area contributed by atoms with Gasteiger partial charge >= 0.3 is 12.1 Å². The number of alkyl carbamates (subject to hydrolysis) is 1. The smallest absolute Gasteiger partial charge is 0.407 e. The molecule has 1 atom stereocenters. The van der Waals surface area contributed by atoms with E-state index in [1.807, 2.05) is 6.92 Å². The summed E-state index contributed by atoms with van der Waals surface area (Å²) in [6.45, 7) is 2.57. The first-order valence-corrected chi connectivity index (χ1v) is 6.85. The van der Waals surface area contributed by atoms with E-state index in [0.717, 1.165) is 17.7 Å². The van der Waals surface area contributed by atoms with Crippen molar-refractivity contribution < 1.29 is 24.2 Å². The zero-order valence-electron chi connectivity index (χ0n) is 10.5. The lowest BCUT2D eigenvalue weighted by Crippen LogP contribution is -2.22. The minimum Gasteiger partial charge on any atom is -0.488 e. The topological polar surface area (TPSA) is 84.9 Å². The van der Waals surface area contributed by atoms with Gasteiger partial charge in [-0.1, -0.05) is 13.3 Å². The number of amides is 1. The van der Waals surface area contributed by atoms with Crippen molar-refractivity contribution in [2.45, 2.75) is 25.9 Å². The van der Waals surface area contributed by atoms with E-state index in [4.69, 9.17) is 14.6 Å². The molecule has 1 aromatic rings. The van der Waals surface area contributed by atoms with Crippen molar-refractivity contribution in [3.63, 3.8) is 0 Å². The van der Waals surface area contributed by atoms with Gasteiger partial charge in [0.05, 0.1) is 6.54 Å². The minimum absolute atomic E-state index is 0.154. The second kappa shape index (κ2) is 5.92. The summed E-state index contributed by atoms with van der Waals surface area (Å²) < 4.78 is 10.4. The quantitative estimate of drug-likeness (QED) is 0.833. The normalized spacial score (nSPS) is 17.9. The number of nitrogens with one attached hydrogen (secondary N) is 1. The van der Waals surface area contributed by atoms with Crippen LogP contribution in [0.5, 0.6) is 5.75 Å². The van der Waals surface area contributed by atoms with Gasteiger partial charge in [0.25, 0.3) is 0 Å². The first kappa shape index (κ1) is 13.7. The Morgan fingerprint density at radius 1 is 1.68 bits per heavy atom. The van der Waals surface area contributed by atoms with Crippen molar-refractivity contribution >= 4 is 23.4 Å². The highest BCUT2D eigenvalue weighted by Gasteiger charge is 2.24. The van der Waals surface area contributed by atoms with Crippen molar-refractivity contribution in [3.05, 3.63) is 15.8 Å². The lowest BCUT2D eigenvalue weighted by atomic mass is 10.3. The van der Waals surface area contributed by atoms with Crippen molar-refractivity contribution in [3.8, 4) is 5.75 Å². The largest absolute Gasteiger partial charge is 0.488 e. The summed E-state index contributed by atoms with van der Waals surface area (Å²) in [4.78, 5) is 23.1. The van der Waals surface area contributed by atoms with Gasteiger partial charge in [0.15, 0.2) is 11.0 Å². The third-order valence-corrected chi connectivity index (χ3v) is 3.78. The van der Waals surface area contributed by atoms with Crippen molar-refractivity contribution in [2.24, 2.45) is 0 Å². The predicted octanol–water partition coefficient (Wildman–Crippen LogP) is 1.89. The number of cyclic esters (lactones) is 1. The molecule has 1 saturated heterocycles. The molecule has 1 fully saturated rings. The maximum Gasteiger partial charge on any atom is 0.407 e. The van der Waals surface area contributed by atoms with Crippen LogP contribution < -0.4 is 10.1 Å². The summed E-state index contributed by atoms with van der Waals surface area (Å²) in [5, 5.41) is 11.6. The molecule has 19 heavy (non-hydrogen) atoms. The summed E-state index contributed by atoms with van der Waals surface area (Å²) in [7, 11) is 0. The summed E-state index contributed by atoms with van der Waals surface area (Å²) in [5.41, 5.74) is 0. The van der Waals surface area contributed by atoms with Crippen LogP contribution in [-0.4, -0.2) is 36.4 Å². The SMILES string of the molecule is CCCc1cc(OCC2CNC(=O)O2)c(C(=O)O)s1. The number of hydrogen-bond acceptors (Lipinski definition) is 5. The van der Waals surface area contributed by atoms with E-state index in [0.29, 0.717) is 12.3 Å². The number of thiophene rings is 1. The van der Waals surface area contributed by atoms with Crippen LogP contribution in [-0.2, 0) is 11.2 Å². The van der Waals surface area contributed by atoms with Crippen LogP contribution in [0, 0.1) is 0 Å². The van der Waals surface area contributed by atoms with Crippen molar-refractivity contribution in [1.29, 1.82) is 0 Å². The van der Waals surface area contributed by atoms with Crippen LogP contribution in [0.4, 0.5) is 4.79 Å². The molecule has 6 nitrogen and oxygen atoms in total. The zero-order chi connectivity index (χ0) is 13.8. The van der Waals surface area contributed by atoms with Crippen LogP contribution in [0.25, 0.3) is 0 Å². The van der Waals surface area contributed by atoms with Gasteiger partial charge < -0.3 is 19.9 Å². The fourth-order valence-electron chi connectivity index (χ4n) is 1.76. The van der Waals surface area contributed by atoms with Crippen LogP contribution in [0.2, 0.25) is 0 Å². The van der Waals surface area contributed by atoms with Crippen LogP contribution >= 0.6 is 11.3 Å². The third kappa shape index (κ3) is 3.37. The molecule has 1 aromatic heterocycles. The molecule has 2 N–H and O–H groups in total. The molecule has 7 heteroatoms. The summed E-state index contributed by atoms with van der Waals surface area (Å²) in [6.07, 6.45) is 0.935. The van der Waals surface area contributed by atoms with E-state index in [-0.39, 0.29) is 17.6 Å². The van der Waals surface area contributed by atoms with E-state index in [1.54, 1.807) is 6.07 Å². The van der Waals surface area contributed by atoms with Crippen LogP contribution in [0.15, 0.2) is 6.07 Å². The molecule has 2 rings (SSSR count). The Balaban J connectivity index is 2.01. The highest BCUT2D eigenvalue weighted by Crippen LogP contribution is 2.30. The monoisotopic (exact) mass is 285 g/mol. The maximum absolute atomic E-state index is 11.1. The second-order valence-electron chi connectivity index (χ2n) is 4.18. The number of ether oxygens (including phenoxy) is 2. The molecule has 0 spiro atoms. The first-order chi connectivity index (χ1) is 9.10. The number of carboxylic acid groups (broad SMARTS) is 1. The average Bonchev–Trinajstić information content (AvgIpc) is 2.93. The Bertz CT molecular complexity index is 484. The van der Waals surface area contributed by atoms with Gasteiger partial charge in [0.1, 0.15) is 12.4 Å². The zero-order valence-corrected chi connectivity index (χ0v) is 11.3. The number of carboxylic acids is 1. The Hall–Kier alpha value is -1.76. The van der Waals surface area contributed by atoms with Crippen molar-refractivity contribution in [2.75, 3.05) is 13.2 Å². The minimum atomic E-state index is -0.996. The number of carbonyl (C=O) groups excluding carboxylic acids is 1. The standard InChI is InChI=1S/C12H15NO5S/c1-2-3-8-4-9(10(19-8)11(14)15)17-6-7-5-13-12(16)18-7/h4,7H,2-3,5-6H2,1H3,(H,13,16)(H,14,15). The lowest BCUT2D eigenvalue weighted by Gasteiger charge is -2.09. The molecule has 0 saturated carbocycles. The van der Waals surface area contributed by atoms with Gasteiger partial charge in [-0.15, -0.1) is 11.3 Å². The predicted molar refractivity (Wildman–Crippen MR) is 69.0 cm³/mol. The molecule has 1 aliphatic heterocycles. The molecule has 104 valence electrons. The van der Waals surface area contributed by atoms with Gasteiger partial charge in [-0.3, -0.25) is 0 Å². The van der Waals surface area contributed by atoms with Gasteiger partial charge in [0, 0.05) is 4.88 Å². The fourth-order valence-corrected chi connectivity index (χ4v) is 2.80. The Labute approximate surface area is 114 Å². The summed E-state index contributed by atoms with van der Waals surface area (Å²) >= 11 is 1.23. The van der Waals surface area contributed by atoms with E-state index < -0.39 is 12.1 Å². The molecular formula is C12H15NO5S. The third-order valence-electron chi connectivity index (χ3n) is 2.61.